The van der Waals surface area contributed by atoms with Crippen molar-refractivity contribution in [3.8, 4) is 0 Å². The Balaban J connectivity index is 1.90. The molecular weight excluding hydrogens is 559 g/mol. The van der Waals surface area contributed by atoms with Gasteiger partial charge in [-0.1, -0.05) is 18.2 Å². The van der Waals surface area contributed by atoms with Crippen LogP contribution in [0.1, 0.15) is 32.6 Å². The first-order valence-electron chi connectivity index (χ1n) is 13.8. The quantitative estimate of drug-likeness (QED) is 0.213. The summed E-state index contributed by atoms with van der Waals surface area (Å²) in [5.74, 6) is 2.33. The van der Waals surface area contributed by atoms with Crippen molar-refractivity contribution in [1.82, 2.24) is 5.32 Å². The molecule has 10 nitrogen and oxygen atoms in total. The van der Waals surface area contributed by atoms with Gasteiger partial charge in [0.2, 0.25) is 11.8 Å². The van der Waals surface area contributed by atoms with Crippen LogP contribution < -0.4 is 10.6 Å². The van der Waals surface area contributed by atoms with Crippen molar-refractivity contribution < 1.29 is 38.0 Å². The van der Waals surface area contributed by atoms with Gasteiger partial charge in [-0.3, -0.25) is 9.59 Å². The van der Waals surface area contributed by atoms with Crippen LogP contribution in [0.25, 0.3) is 0 Å². The minimum absolute atomic E-state index is 0.104. The third-order valence-corrected chi connectivity index (χ3v) is 10.2. The number of anilines is 1. The highest BCUT2D eigenvalue weighted by Gasteiger charge is 2.45. The third-order valence-electron chi connectivity index (χ3n) is 7.30. The van der Waals surface area contributed by atoms with E-state index in [-0.39, 0.29) is 30.5 Å². The Hall–Kier alpha value is -3.33. The summed E-state index contributed by atoms with van der Waals surface area (Å²) in [4.78, 5) is 25.9. The lowest BCUT2D eigenvalue weighted by Crippen LogP contribution is -2.37. The van der Waals surface area contributed by atoms with Crippen molar-refractivity contribution in [2.45, 2.75) is 44.3 Å². The molecule has 2 aliphatic carbocycles. The maximum atomic E-state index is 13.5. The number of amides is 2. The lowest BCUT2D eigenvalue weighted by atomic mass is 9.94. The van der Waals surface area contributed by atoms with E-state index in [2.05, 4.69) is 10.6 Å². The molecule has 1 aromatic carbocycles. The van der Waals surface area contributed by atoms with E-state index in [0.29, 0.717) is 43.1 Å². The monoisotopic (exact) mass is 602 g/mol. The van der Waals surface area contributed by atoms with Gasteiger partial charge in [0.1, 0.15) is 28.6 Å². The lowest BCUT2D eigenvalue weighted by molar-refractivity contribution is -0.119. The van der Waals surface area contributed by atoms with E-state index in [1.807, 2.05) is 49.4 Å². The molecule has 1 unspecified atom stereocenters. The van der Waals surface area contributed by atoms with Gasteiger partial charge in [0, 0.05) is 68.5 Å². The van der Waals surface area contributed by atoms with Gasteiger partial charge in [-0.2, -0.15) is 0 Å². The Morgan fingerprint density at radius 3 is 2.17 bits per heavy atom. The van der Waals surface area contributed by atoms with E-state index < -0.39 is 13.5 Å². The number of rotatable bonds is 15. The molecule has 2 amide bonds. The Labute approximate surface area is 249 Å². The Bertz CT molecular complexity index is 1230. The van der Waals surface area contributed by atoms with Crippen molar-refractivity contribution in [2.24, 2.45) is 0 Å². The Kier molecular flexibility index (Phi) is 12.5. The van der Waals surface area contributed by atoms with Crippen molar-refractivity contribution in [2.75, 3.05) is 60.7 Å². The van der Waals surface area contributed by atoms with Crippen LogP contribution in [0.15, 0.2) is 76.1 Å². The van der Waals surface area contributed by atoms with E-state index in [9.17, 15) is 9.59 Å². The van der Waals surface area contributed by atoms with E-state index in [0.717, 1.165) is 22.1 Å². The number of nitrogens with one attached hydrogen (secondary N) is 2. The zero-order valence-electron chi connectivity index (χ0n) is 25.6. The zero-order chi connectivity index (χ0) is 30.7. The zero-order valence-corrected chi connectivity index (χ0v) is 26.5. The van der Waals surface area contributed by atoms with Crippen molar-refractivity contribution in [3.63, 3.8) is 0 Å². The van der Waals surface area contributed by atoms with Gasteiger partial charge in [0.15, 0.2) is 0 Å². The SMILES string of the molecule is COC1=CC(OC)=C(P(CC(=O)NCCCC(=O)Nc2ccccc2)C2=C(OC)C=C(OC)C[C@@]2(C)OC)[C@@H](OC)C1. The molecular formula is C31H43N2O8P. The normalized spacial score (nSPS) is 21.2. The smallest absolute Gasteiger partial charge is 0.224 e. The second-order valence-electron chi connectivity index (χ2n) is 9.99. The highest BCUT2D eigenvalue weighted by atomic mass is 31.1. The average molecular weight is 603 g/mol. The number of carbonyl (C=O) groups excluding carboxylic acids is 2. The fourth-order valence-electron chi connectivity index (χ4n) is 5.05. The molecule has 3 rings (SSSR count). The Morgan fingerprint density at radius 1 is 0.905 bits per heavy atom. The van der Waals surface area contributed by atoms with E-state index in [4.69, 9.17) is 28.4 Å². The highest BCUT2D eigenvalue weighted by molar-refractivity contribution is 7.67. The molecule has 2 aliphatic rings. The summed E-state index contributed by atoms with van der Waals surface area (Å²) in [6, 6.07) is 9.29. The summed E-state index contributed by atoms with van der Waals surface area (Å²) in [5.41, 5.74) is -0.0747. The molecule has 0 aliphatic heterocycles. The molecule has 3 atom stereocenters. The first kappa shape index (κ1) is 33.2. The van der Waals surface area contributed by atoms with E-state index in [1.54, 1.807) is 42.7 Å². The first-order chi connectivity index (χ1) is 20.2. The topological polar surface area (TPSA) is 114 Å². The third kappa shape index (κ3) is 8.15. The fourth-order valence-corrected chi connectivity index (χ4v) is 8.14. The number of allylic oxidation sites excluding steroid dienone is 2. The van der Waals surface area contributed by atoms with Crippen molar-refractivity contribution in [3.05, 3.63) is 76.1 Å². The molecule has 11 heteroatoms. The standard InChI is InChI=1S/C31H43N2O8P/c1-31(41-7)19-23(37-3)18-26(40-6)30(31)42(29-24(38-4)16-22(36-2)17-25(29)39-5)20-28(35)32-15-11-14-27(34)33-21-12-9-8-10-13-21/h8-10,12-13,16,18,25H,11,14-15,17,19-20H2,1-7H3,(H,32,35)(H,33,34)/t25-,31+,42?/m0/s1. The minimum Gasteiger partial charge on any atom is -0.501 e. The molecule has 0 spiro atoms. The molecule has 1 aromatic rings. The first-order valence-corrected chi connectivity index (χ1v) is 15.3. The van der Waals surface area contributed by atoms with Crippen molar-refractivity contribution in [1.29, 1.82) is 0 Å². The molecule has 0 aromatic heterocycles. The predicted octanol–water partition coefficient (Wildman–Crippen LogP) is 5.01. The van der Waals surface area contributed by atoms with Gasteiger partial charge < -0.3 is 39.1 Å². The summed E-state index contributed by atoms with van der Waals surface area (Å²) in [7, 11) is 8.27. The number of carbonyl (C=O) groups is 2. The second kappa shape index (κ2) is 15.8. The van der Waals surface area contributed by atoms with Crippen LogP contribution in [0.2, 0.25) is 0 Å². The summed E-state index contributed by atoms with van der Waals surface area (Å²) in [6.45, 7) is 2.33. The molecule has 0 heterocycles. The van der Waals surface area contributed by atoms with Crippen LogP contribution in [-0.2, 0) is 38.0 Å². The summed E-state index contributed by atoms with van der Waals surface area (Å²) >= 11 is 0. The molecule has 0 bridgehead atoms. The van der Waals surface area contributed by atoms with Crippen LogP contribution in [0.4, 0.5) is 5.69 Å². The fraction of sp³-hybridized carbons (Fsp3) is 0.484. The largest absolute Gasteiger partial charge is 0.501 e. The number of para-hydroxylation sites is 1. The van der Waals surface area contributed by atoms with Crippen LogP contribution in [0.5, 0.6) is 0 Å². The van der Waals surface area contributed by atoms with Gasteiger partial charge in [-0.25, -0.2) is 0 Å². The molecule has 42 heavy (non-hydrogen) atoms. The Morgan fingerprint density at radius 2 is 1.57 bits per heavy atom. The van der Waals surface area contributed by atoms with Gasteiger partial charge in [0.05, 0.1) is 40.7 Å². The van der Waals surface area contributed by atoms with Crippen LogP contribution in [0, 0.1) is 0 Å². The number of hydrogen-bond acceptors (Lipinski definition) is 8. The molecule has 0 fully saturated rings. The van der Waals surface area contributed by atoms with Crippen LogP contribution >= 0.6 is 7.92 Å². The lowest BCUT2D eigenvalue weighted by Gasteiger charge is -2.41. The van der Waals surface area contributed by atoms with Gasteiger partial charge in [-0.15, -0.1) is 0 Å². The number of ether oxygens (including phenoxy) is 6. The van der Waals surface area contributed by atoms with Crippen molar-refractivity contribution >= 4 is 25.4 Å². The second-order valence-corrected chi connectivity index (χ2v) is 12.1. The number of benzene rings is 1. The maximum absolute atomic E-state index is 13.5. The minimum atomic E-state index is -1.41. The average Bonchev–Trinajstić information content (AvgIpc) is 3.01. The van der Waals surface area contributed by atoms with E-state index >= 15 is 0 Å². The van der Waals surface area contributed by atoms with Gasteiger partial charge in [-0.05, 0) is 33.4 Å². The van der Waals surface area contributed by atoms with E-state index in [1.165, 1.54) is 0 Å². The summed E-state index contributed by atoms with van der Waals surface area (Å²) in [5, 5.41) is 7.58. The number of hydrogen-bond donors (Lipinski definition) is 2. The molecule has 0 radical (unpaired) electrons. The van der Waals surface area contributed by atoms with Crippen LogP contribution in [0.3, 0.4) is 0 Å². The number of methoxy groups -OCH3 is 6. The maximum Gasteiger partial charge on any atom is 0.224 e. The molecule has 0 saturated carbocycles. The van der Waals surface area contributed by atoms with Gasteiger partial charge in [0.25, 0.3) is 0 Å². The molecule has 230 valence electrons. The summed E-state index contributed by atoms with van der Waals surface area (Å²) in [6.07, 6.45) is 5.18. The molecule has 0 saturated heterocycles. The van der Waals surface area contributed by atoms with Gasteiger partial charge >= 0.3 is 0 Å². The highest BCUT2D eigenvalue weighted by Crippen LogP contribution is 2.63. The molecule has 2 N–H and O–H groups in total. The summed E-state index contributed by atoms with van der Waals surface area (Å²) < 4.78 is 34.9. The van der Waals surface area contributed by atoms with Crippen LogP contribution in [-0.4, -0.2) is 78.9 Å². The predicted molar refractivity (Wildman–Crippen MR) is 163 cm³/mol.